The van der Waals surface area contributed by atoms with Gasteiger partial charge in [-0.25, -0.2) is 9.78 Å². The highest BCUT2D eigenvalue weighted by Gasteiger charge is 2.16. The van der Waals surface area contributed by atoms with Gasteiger partial charge in [0.25, 0.3) is 0 Å². The van der Waals surface area contributed by atoms with Crippen LogP contribution in [0.4, 0.5) is 0 Å². The Morgan fingerprint density at radius 1 is 1.33 bits per heavy atom. The molecule has 0 bridgehead atoms. The molecule has 1 radical (unpaired) electrons. The molecule has 1 atom stereocenters. The van der Waals surface area contributed by atoms with E-state index in [1.165, 1.54) is 5.56 Å². The highest BCUT2D eigenvalue weighted by atomic mass is 17.2. The van der Waals surface area contributed by atoms with Gasteiger partial charge in [0.05, 0.1) is 13.2 Å². The van der Waals surface area contributed by atoms with E-state index in [-0.39, 0.29) is 0 Å². The molecule has 2 nitrogen and oxygen atoms in total. The van der Waals surface area contributed by atoms with E-state index in [0.717, 1.165) is 6.42 Å². The lowest BCUT2D eigenvalue weighted by atomic mass is 9.97. The van der Waals surface area contributed by atoms with Gasteiger partial charge in [-0.15, -0.1) is 0 Å². The summed E-state index contributed by atoms with van der Waals surface area (Å²) in [5.41, 5.74) is 1.22. The summed E-state index contributed by atoms with van der Waals surface area (Å²) in [5.74, 6) is 0.458. The van der Waals surface area contributed by atoms with Gasteiger partial charge in [-0.2, -0.15) is 0 Å². The minimum absolute atomic E-state index is 0.458. The van der Waals surface area contributed by atoms with Crippen LogP contribution in [-0.2, 0) is 9.78 Å². The van der Waals surface area contributed by atoms with E-state index in [0.29, 0.717) is 19.1 Å². The number of hydrogen-bond acceptors (Lipinski definition) is 2. The second kappa shape index (κ2) is 3.70. The molecule has 1 saturated heterocycles. The molecule has 0 N–H and O–H groups in total. The molecule has 2 rings (SSSR count). The molecular formula is C10H11O2. The second-order valence-electron chi connectivity index (χ2n) is 2.91. The summed E-state index contributed by atoms with van der Waals surface area (Å²) >= 11 is 0. The molecule has 1 aliphatic rings. The zero-order valence-electron chi connectivity index (χ0n) is 6.82. The molecule has 1 fully saturated rings. The minimum Gasteiger partial charge on any atom is -0.237 e. The topological polar surface area (TPSA) is 18.5 Å². The maximum Gasteiger partial charge on any atom is 0.0891 e. The lowest BCUT2D eigenvalue weighted by molar-refractivity contribution is -0.317. The van der Waals surface area contributed by atoms with E-state index < -0.39 is 0 Å². The van der Waals surface area contributed by atoms with Crippen LogP contribution in [-0.4, -0.2) is 13.2 Å². The van der Waals surface area contributed by atoms with E-state index in [9.17, 15) is 0 Å². The van der Waals surface area contributed by atoms with Gasteiger partial charge < -0.3 is 0 Å². The Hall–Kier alpha value is -0.860. The summed E-state index contributed by atoms with van der Waals surface area (Å²) in [5, 5.41) is 0. The Balaban J connectivity index is 2.08. The predicted octanol–water partition coefficient (Wildman–Crippen LogP) is 1.92. The number of rotatable bonds is 1. The third-order valence-corrected chi connectivity index (χ3v) is 2.08. The van der Waals surface area contributed by atoms with Crippen LogP contribution in [0.5, 0.6) is 0 Å². The van der Waals surface area contributed by atoms with Gasteiger partial charge in [0.15, 0.2) is 0 Å². The summed E-state index contributed by atoms with van der Waals surface area (Å²) in [6.45, 7) is 1.34. The lowest BCUT2D eigenvalue weighted by Crippen LogP contribution is -2.17. The first-order valence-corrected chi connectivity index (χ1v) is 4.18. The molecule has 0 saturated carbocycles. The van der Waals surface area contributed by atoms with E-state index in [1.807, 2.05) is 18.2 Å². The smallest absolute Gasteiger partial charge is 0.0891 e. The van der Waals surface area contributed by atoms with Crippen LogP contribution in [0.15, 0.2) is 24.3 Å². The van der Waals surface area contributed by atoms with Crippen molar-refractivity contribution < 1.29 is 9.78 Å². The van der Waals surface area contributed by atoms with Crippen molar-refractivity contribution in [3.05, 3.63) is 35.9 Å². The van der Waals surface area contributed by atoms with Gasteiger partial charge in [0.1, 0.15) is 0 Å². The van der Waals surface area contributed by atoms with Gasteiger partial charge in [-0.1, -0.05) is 24.3 Å². The molecule has 1 aromatic carbocycles. The molecular weight excluding hydrogens is 152 g/mol. The summed E-state index contributed by atoms with van der Waals surface area (Å²) in [7, 11) is 0. The standard InChI is InChI=1S/C10H11O2/c1-2-4-9(5-3-1)10-6-7-11-12-8-10/h1-4,10H,6-8H2. The summed E-state index contributed by atoms with van der Waals surface area (Å²) in [6, 6.07) is 11.2. The van der Waals surface area contributed by atoms with Crippen LogP contribution < -0.4 is 0 Å². The molecule has 1 unspecified atom stereocenters. The Kier molecular flexibility index (Phi) is 2.39. The van der Waals surface area contributed by atoms with Crippen LogP contribution in [0.1, 0.15) is 17.9 Å². The molecule has 0 aromatic heterocycles. The first kappa shape index (κ1) is 7.77. The van der Waals surface area contributed by atoms with Gasteiger partial charge in [-0.3, -0.25) is 0 Å². The first-order valence-electron chi connectivity index (χ1n) is 4.18. The molecule has 0 spiro atoms. The van der Waals surface area contributed by atoms with Crippen molar-refractivity contribution in [2.45, 2.75) is 12.3 Å². The third-order valence-electron chi connectivity index (χ3n) is 2.08. The molecule has 1 heterocycles. The largest absolute Gasteiger partial charge is 0.237 e. The van der Waals surface area contributed by atoms with Crippen molar-refractivity contribution in [2.24, 2.45) is 0 Å². The number of hydrogen-bond donors (Lipinski definition) is 0. The van der Waals surface area contributed by atoms with Gasteiger partial charge in [0.2, 0.25) is 0 Å². The summed E-state index contributed by atoms with van der Waals surface area (Å²) in [4.78, 5) is 9.72. The fraction of sp³-hybridized carbons (Fsp3) is 0.400. The molecule has 0 amide bonds. The predicted molar refractivity (Wildman–Crippen MR) is 44.5 cm³/mol. The van der Waals surface area contributed by atoms with E-state index in [2.05, 4.69) is 12.1 Å². The van der Waals surface area contributed by atoms with Gasteiger partial charge in [0, 0.05) is 5.92 Å². The number of benzene rings is 1. The highest BCUT2D eigenvalue weighted by molar-refractivity contribution is 5.18. The van der Waals surface area contributed by atoms with E-state index >= 15 is 0 Å². The zero-order valence-corrected chi connectivity index (χ0v) is 6.82. The Labute approximate surface area is 72.0 Å². The van der Waals surface area contributed by atoms with Gasteiger partial charge in [-0.05, 0) is 18.1 Å². The van der Waals surface area contributed by atoms with Crippen molar-refractivity contribution in [1.82, 2.24) is 0 Å². The molecule has 12 heavy (non-hydrogen) atoms. The van der Waals surface area contributed by atoms with Crippen molar-refractivity contribution in [1.29, 1.82) is 0 Å². The monoisotopic (exact) mass is 163 g/mol. The zero-order chi connectivity index (χ0) is 8.23. The van der Waals surface area contributed by atoms with E-state index in [4.69, 9.17) is 9.78 Å². The normalized spacial score (nSPS) is 23.8. The van der Waals surface area contributed by atoms with Crippen LogP contribution in [0.3, 0.4) is 0 Å². The lowest BCUT2D eigenvalue weighted by Gasteiger charge is -2.20. The molecule has 0 aliphatic carbocycles. The van der Waals surface area contributed by atoms with Crippen LogP contribution in [0, 0.1) is 6.07 Å². The third kappa shape index (κ3) is 1.65. The van der Waals surface area contributed by atoms with Crippen LogP contribution in [0.25, 0.3) is 0 Å². The van der Waals surface area contributed by atoms with Crippen LogP contribution in [0.2, 0.25) is 0 Å². The molecule has 2 heteroatoms. The Bertz CT molecular complexity index is 227. The van der Waals surface area contributed by atoms with Crippen molar-refractivity contribution >= 4 is 0 Å². The second-order valence-corrected chi connectivity index (χ2v) is 2.91. The van der Waals surface area contributed by atoms with Crippen molar-refractivity contribution in [3.8, 4) is 0 Å². The average Bonchev–Trinajstić information content (AvgIpc) is 2.21. The minimum atomic E-state index is 0.458. The van der Waals surface area contributed by atoms with Crippen molar-refractivity contribution in [3.63, 3.8) is 0 Å². The Morgan fingerprint density at radius 3 is 3.00 bits per heavy atom. The summed E-state index contributed by atoms with van der Waals surface area (Å²) < 4.78 is 0. The van der Waals surface area contributed by atoms with Gasteiger partial charge >= 0.3 is 0 Å². The molecule has 1 aliphatic heterocycles. The molecule has 1 aromatic rings. The fourth-order valence-corrected chi connectivity index (χ4v) is 1.37. The highest BCUT2D eigenvalue weighted by Crippen LogP contribution is 2.22. The average molecular weight is 163 g/mol. The van der Waals surface area contributed by atoms with Crippen molar-refractivity contribution in [2.75, 3.05) is 13.2 Å². The fourth-order valence-electron chi connectivity index (χ4n) is 1.37. The Morgan fingerprint density at radius 2 is 2.33 bits per heavy atom. The molecule has 63 valence electrons. The van der Waals surface area contributed by atoms with E-state index in [1.54, 1.807) is 0 Å². The first-order chi connectivity index (χ1) is 5.97. The quantitative estimate of drug-likeness (QED) is 0.589. The summed E-state index contributed by atoms with van der Waals surface area (Å²) in [6.07, 6.45) is 1.03. The maximum absolute atomic E-state index is 4.92. The SMILES string of the molecule is [c]1ccccc1C1CCOOC1. The van der Waals surface area contributed by atoms with Crippen LogP contribution >= 0.6 is 0 Å². The maximum atomic E-state index is 4.92.